The molecule has 0 aliphatic rings. The number of carbonyl (C=O) groups is 1. The van der Waals surface area contributed by atoms with Crippen molar-refractivity contribution in [2.45, 2.75) is 6.04 Å². The third-order valence-electron chi connectivity index (χ3n) is 2.93. The molecule has 2 rings (SSSR count). The second-order valence-electron chi connectivity index (χ2n) is 4.28. The Kier molecular flexibility index (Phi) is 4.80. The monoisotopic (exact) mass is 353 g/mol. The van der Waals surface area contributed by atoms with Crippen LogP contribution < -0.4 is 10.1 Å². The standard InChI is InChI=1S/C15H13BrFNO3/c1-21-13-5-3-2-4-12(13)18-14(15(19)20)10-7-6-9(16)8-11(10)17/h2-8,14,18H,1H3,(H,19,20). The summed E-state index contributed by atoms with van der Waals surface area (Å²) in [5.41, 5.74) is 0.534. The first-order chi connectivity index (χ1) is 10.0. The highest BCUT2D eigenvalue weighted by molar-refractivity contribution is 9.10. The van der Waals surface area contributed by atoms with E-state index in [2.05, 4.69) is 21.2 Å². The van der Waals surface area contributed by atoms with E-state index in [-0.39, 0.29) is 5.56 Å². The van der Waals surface area contributed by atoms with Gasteiger partial charge < -0.3 is 15.2 Å². The van der Waals surface area contributed by atoms with Gasteiger partial charge in [-0.2, -0.15) is 0 Å². The average molecular weight is 354 g/mol. The summed E-state index contributed by atoms with van der Waals surface area (Å²) < 4.78 is 19.7. The fourth-order valence-electron chi connectivity index (χ4n) is 1.93. The maximum Gasteiger partial charge on any atom is 0.330 e. The normalized spacial score (nSPS) is 11.8. The Labute approximate surface area is 129 Å². The number of ether oxygens (including phenoxy) is 1. The first-order valence-electron chi connectivity index (χ1n) is 6.10. The number of rotatable bonds is 5. The molecule has 0 aliphatic carbocycles. The lowest BCUT2D eigenvalue weighted by Gasteiger charge is -2.18. The van der Waals surface area contributed by atoms with Crippen molar-refractivity contribution in [3.8, 4) is 5.75 Å². The second-order valence-corrected chi connectivity index (χ2v) is 5.20. The maximum atomic E-state index is 14.0. The lowest BCUT2D eigenvalue weighted by Crippen LogP contribution is -2.22. The Bertz CT molecular complexity index is 663. The Balaban J connectivity index is 2.38. The van der Waals surface area contributed by atoms with E-state index in [1.807, 2.05) is 0 Å². The molecule has 0 aliphatic heterocycles. The topological polar surface area (TPSA) is 58.6 Å². The molecule has 6 heteroatoms. The molecule has 0 radical (unpaired) electrons. The van der Waals surface area contributed by atoms with E-state index in [0.29, 0.717) is 15.9 Å². The number of anilines is 1. The van der Waals surface area contributed by atoms with Crippen LogP contribution >= 0.6 is 15.9 Å². The Morgan fingerprint density at radius 1 is 1.33 bits per heavy atom. The molecule has 0 spiro atoms. The molecule has 2 N–H and O–H groups in total. The number of nitrogens with one attached hydrogen (secondary N) is 1. The van der Waals surface area contributed by atoms with Gasteiger partial charge in [-0.1, -0.05) is 34.1 Å². The van der Waals surface area contributed by atoms with Gasteiger partial charge >= 0.3 is 5.97 Å². The molecule has 21 heavy (non-hydrogen) atoms. The van der Waals surface area contributed by atoms with E-state index in [1.54, 1.807) is 30.3 Å². The molecule has 0 aromatic heterocycles. The highest BCUT2D eigenvalue weighted by Crippen LogP contribution is 2.29. The lowest BCUT2D eigenvalue weighted by atomic mass is 10.1. The third kappa shape index (κ3) is 3.52. The van der Waals surface area contributed by atoms with E-state index in [1.165, 1.54) is 19.2 Å². The molecule has 4 nitrogen and oxygen atoms in total. The number of halogens is 2. The molecule has 0 fully saturated rings. The van der Waals surface area contributed by atoms with Crippen molar-refractivity contribution in [2.75, 3.05) is 12.4 Å². The SMILES string of the molecule is COc1ccccc1NC(C(=O)O)c1ccc(Br)cc1F. The summed E-state index contributed by atoms with van der Waals surface area (Å²) in [5.74, 6) is -1.29. The molecule has 1 atom stereocenters. The van der Waals surface area contributed by atoms with Crippen molar-refractivity contribution in [1.82, 2.24) is 0 Å². The van der Waals surface area contributed by atoms with Crippen LogP contribution in [-0.4, -0.2) is 18.2 Å². The van der Waals surface area contributed by atoms with Crippen LogP contribution in [0.2, 0.25) is 0 Å². The molecule has 110 valence electrons. The minimum absolute atomic E-state index is 0.0524. The zero-order chi connectivity index (χ0) is 15.4. The van der Waals surface area contributed by atoms with Crippen LogP contribution in [0.25, 0.3) is 0 Å². The van der Waals surface area contributed by atoms with Gasteiger partial charge in [-0.25, -0.2) is 9.18 Å². The lowest BCUT2D eigenvalue weighted by molar-refractivity contribution is -0.138. The summed E-state index contributed by atoms with van der Waals surface area (Å²) in [7, 11) is 1.48. The molecule has 0 amide bonds. The highest BCUT2D eigenvalue weighted by Gasteiger charge is 2.24. The van der Waals surface area contributed by atoms with Crippen molar-refractivity contribution in [2.24, 2.45) is 0 Å². The fraction of sp³-hybridized carbons (Fsp3) is 0.133. The average Bonchev–Trinajstić information content (AvgIpc) is 2.45. The summed E-state index contributed by atoms with van der Waals surface area (Å²) in [6.07, 6.45) is 0. The van der Waals surface area contributed by atoms with Crippen molar-refractivity contribution in [1.29, 1.82) is 0 Å². The summed E-state index contributed by atoms with van der Waals surface area (Å²) in [4.78, 5) is 11.5. The largest absolute Gasteiger partial charge is 0.495 e. The smallest absolute Gasteiger partial charge is 0.330 e. The number of hydrogen-bond donors (Lipinski definition) is 2. The molecule has 0 saturated heterocycles. The first-order valence-corrected chi connectivity index (χ1v) is 6.89. The van der Waals surface area contributed by atoms with Crippen molar-refractivity contribution >= 4 is 27.6 Å². The third-order valence-corrected chi connectivity index (χ3v) is 3.42. The Morgan fingerprint density at radius 3 is 2.67 bits per heavy atom. The van der Waals surface area contributed by atoms with Crippen LogP contribution in [0.5, 0.6) is 5.75 Å². The zero-order valence-electron chi connectivity index (χ0n) is 11.1. The quantitative estimate of drug-likeness (QED) is 0.857. The van der Waals surface area contributed by atoms with Gasteiger partial charge in [0.1, 0.15) is 11.6 Å². The van der Waals surface area contributed by atoms with Gasteiger partial charge in [-0.15, -0.1) is 0 Å². The van der Waals surface area contributed by atoms with Crippen LogP contribution in [0.3, 0.4) is 0 Å². The Hall–Kier alpha value is -2.08. The summed E-state index contributed by atoms with van der Waals surface area (Å²) in [6.45, 7) is 0. The Morgan fingerprint density at radius 2 is 2.05 bits per heavy atom. The fourth-order valence-corrected chi connectivity index (χ4v) is 2.26. The predicted octanol–water partition coefficient (Wildman–Crippen LogP) is 3.83. The van der Waals surface area contributed by atoms with Crippen LogP contribution in [0.15, 0.2) is 46.9 Å². The molecular formula is C15H13BrFNO3. The number of benzene rings is 2. The minimum Gasteiger partial charge on any atom is -0.495 e. The highest BCUT2D eigenvalue weighted by atomic mass is 79.9. The molecule has 1 unspecified atom stereocenters. The predicted molar refractivity (Wildman–Crippen MR) is 81.1 cm³/mol. The van der Waals surface area contributed by atoms with Crippen molar-refractivity contribution < 1.29 is 19.0 Å². The van der Waals surface area contributed by atoms with E-state index < -0.39 is 17.8 Å². The number of methoxy groups -OCH3 is 1. The first kappa shape index (κ1) is 15.3. The molecule has 0 saturated carbocycles. The summed E-state index contributed by atoms with van der Waals surface area (Å²) in [6, 6.07) is 9.91. The molecule has 2 aromatic carbocycles. The van der Waals surface area contributed by atoms with Gasteiger partial charge in [0.2, 0.25) is 0 Å². The van der Waals surface area contributed by atoms with Crippen molar-refractivity contribution in [3.63, 3.8) is 0 Å². The van der Waals surface area contributed by atoms with Crippen LogP contribution in [0, 0.1) is 5.82 Å². The van der Waals surface area contributed by atoms with Crippen molar-refractivity contribution in [3.05, 3.63) is 58.3 Å². The number of carboxylic acid groups (broad SMARTS) is 1. The number of hydrogen-bond acceptors (Lipinski definition) is 3. The van der Waals surface area contributed by atoms with Crippen LogP contribution in [0.4, 0.5) is 10.1 Å². The van der Waals surface area contributed by atoms with E-state index in [4.69, 9.17) is 4.74 Å². The van der Waals surface area contributed by atoms with Crippen LogP contribution in [0.1, 0.15) is 11.6 Å². The molecule has 2 aromatic rings. The molecular weight excluding hydrogens is 341 g/mol. The molecule has 0 heterocycles. The van der Waals surface area contributed by atoms with E-state index >= 15 is 0 Å². The number of carboxylic acids is 1. The minimum atomic E-state index is -1.21. The van der Waals surface area contributed by atoms with Gasteiger partial charge in [-0.3, -0.25) is 0 Å². The van der Waals surface area contributed by atoms with Gasteiger partial charge in [0.25, 0.3) is 0 Å². The van der Waals surface area contributed by atoms with E-state index in [0.717, 1.165) is 0 Å². The van der Waals surface area contributed by atoms with Crippen LogP contribution in [-0.2, 0) is 4.79 Å². The molecule has 0 bridgehead atoms. The number of para-hydroxylation sites is 2. The van der Waals surface area contributed by atoms with Gasteiger partial charge in [0, 0.05) is 10.0 Å². The second kappa shape index (κ2) is 6.58. The summed E-state index contributed by atoms with van der Waals surface area (Å²) in [5, 5.41) is 12.2. The zero-order valence-corrected chi connectivity index (χ0v) is 12.7. The van der Waals surface area contributed by atoms with E-state index in [9.17, 15) is 14.3 Å². The number of aliphatic carboxylic acids is 1. The maximum absolute atomic E-state index is 14.0. The van der Waals surface area contributed by atoms with Gasteiger partial charge in [0.15, 0.2) is 6.04 Å². The van der Waals surface area contributed by atoms with Gasteiger partial charge in [-0.05, 0) is 24.3 Å². The summed E-state index contributed by atoms with van der Waals surface area (Å²) >= 11 is 3.14. The van der Waals surface area contributed by atoms with Gasteiger partial charge in [0.05, 0.1) is 12.8 Å².